The summed E-state index contributed by atoms with van der Waals surface area (Å²) in [5.41, 5.74) is 1.83. The second kappa shape index (κ2) is 6.01. The van der Waals surface area contributed by atoms with Gasteiger partial charge in [-0.3, -0.25) is 4.79 Å². The summed E-state index contributed by atoms with van der Waals surface area (Å²) in [4.78, 5) is 16.4. The van der Waals surface area contributed by atoms with Crippen molar-refractivity contribution in [2.24, 2.45) is 5.41 Å². The fourth-order valence-electron chi connectivity index (χ4n) is 4.63. The van der Waals surface area contributed by atoms with Crippen molar-refractivity contribution in [3.63, 3.8) is 0 Å². The molecule has 1 N–H and O–H groups in total. The molecule has 2 saturated heterocycles. The van der Waals surface area contributed by atoms with E-state index in [1.54, 1.807) is 11.3 Å². The topological polar surface area (TPSA) is 40.5 Å². The van der Waals surface area contributed by atoms with Crippen LogP contribution in [0, 0.1) is 5.41 Å². The third-order valence-corrected chi connectivity index (χ3v) is 6.96. The number of hydrogen-bond acceptors (Lipinski definition) is 3. The van der Waals surface area contributed by atoms with Crippen LogP contribution in [0.25, 0.3) is 10.4 Å². The first kappa shape index (κ1) is 15.9. The van der Waals surface area contributed by atoms with Crippen LogP contribution in [0.15, 0.2) is 41.8 Å². The van der Waals surface area contributed by atoms with Gasteiger partial charge in [-0.05, 0) is 54.8 Å². The van der Waals surface area contributed by atoms with Crippen molar-refractivity contribution >= 4 is 17.2 Å². The standard InChI is InChI=1S/C20H23NO2S/c1-2-20(13-22)12-16-9-10-18(20)21(16)19(23)15-7-5-14(6-8-15)17-4-3-11-24-17/h3-8,11,16,18,22H,2,9-10,12-13H2,1H3/t16-,18+,20-/m1/s1. The zero-order valence-corrected chi connectivity index (χ0v) is 14.8. The average molecular weight is 341 g/mol. The predicted octanol–water partition coefficient (Wildman–Crippen LogP) is 4.18. The zero-order valence-electron chi connectivity index (χ0n) is 13.9. The second-order valence-electron chi connectivity index (χ2n) is 7.09. The summed E-state index contributed by atoms with van der Waals surface area (Å²) in [5.74, 6) is 0.129. The van der Waals surface area contributed by atoms with Gasteiger partial charge in [0, 0.05) is 27.9 Å². The lowest BCUT2D eigenvalue weighted by atomic mass is 9.72. The number of rotatable bonds is 4. The molecule has 126 valence electrons. The number of aliphatic hydroxyl groups is 1. The maximum atomic E-state index is 13.1. The molecule has 0 radical (unpaired) electrons. The molecule has 4 rings (SSSR count). The smallest absolute Gasteiger partial charge is 0.254 e. The van der Waals surface area contributed by atoms with E-state index in [1.165, 1.54) is 4.88 Å². The van der Waals surface area contributed by atoms with Crippen LogP contribution in [0.4, 0.5) is 0 Å². The van der Waals surface area contributed by atoms with Gasteiger partial charge < -0.3 is 10.0 Å². The molecule has 2 aliphatic rings. The van der Waals surface area contributed by atoms with Crippen LogP contribution in [0.5, 0.6) is 0 Å². The van der Waals surface area contributed by atoms with Crippen LogP contribution in [0.2, 0.25) is 0 Å². The van der Waals surface area contributed by atoms with Crippen LogP contribution in [-0.2, 0) is 0 Å². The van der Waals surface area contributed by atoms with Crippen molar-refractivity contribution < 1.29 is 9.90 Å². The molecular weight excluding hydrogens is 318 g/mol. The van der Waals surface area contributed by atoms with Crippen LogP contribution >= 0.6 is 11.3 Å². The van der Waals surface area contributed by atoms with Crippen molar-refractivity contribution in [3.8, 4) is 10.4 Å². The van der Waals surface area contributed by atoms with Gasteiger partial charge in [0.25, 0.3) is 5.91 Å². The lowest BCUT2D eigenvalue weighted by Gasteiger charge is -2.34. The first-order valence-corrected chi connectivity index (χ1v) is 9.64. The van der Waals surface area contributed by atoms with Gasteiger partial charge in [0.1, 0.15) is 0 Å². The molecule has 3 heterocycles. The number of fused-ring (bicyclic) bond motifs is 2. The van der Waals surface area contributed by atoms with Gasteiger partial charge in [0.05, 0.1) is 6.61 Å². The summed E-state index contributed by atoms with van der Waals surface area (Å²) < 4.78 is 0. The van der Waals surface area contributed by atoms with Crippen LogP contribution < -0.4 is 0 Å². The zero-order chi connectivity index (χ0) is 16.7. The maximum Gasteiger partial charge on any atom is 0.254 e. The number of amides is 1. The number of benzene rings is 1. The molecule has 24 heavy (non-hydrogen) atoms. The Labute approximate surface area is 146 Å². The fraction of sp³-hybridized carbons (Fsp3) is 0.450. The molecule has 2 aliphatic heterocycles. The number of nitrogens with zero attached hydrogens (tertiary/aromatic N) is 1. The molecule has 1 aromatic heterocycles. The Balaban J connectivity index is 1.58. The molecule has 1 amide bonds. The van der Waals surface area contributed by atoms with E-state index < -0.39 is 0 Å². The monoisotopic (exact) mass is 341 g/mol. The molecule has 3 atom stereocenters. The molecule has 1 aromatic carbocycles. The molecule has 2 aromatic rings. The highest BCUT2D eigenvalue weighted by atomic mass is 32.1. The van der Waals surface area contributed by atoms with E-state index in [4.69, 9.17) is 0 Å². The summed E-state index contributed by atoms with van der Waals surface area (Å²) in [6, 6.07) is 12.6. The van der Waals surface area contributed by atoms with Gasteiger partial charge in [0.2, 0.25) is 0 Å². The molecule has 0 unspecified atom stereocenters. The first-order chi connectivity index (χ1) is 11.7. The van der Waals surface area contributed by atoms with Crippen LogP contribution in [0.1, 0.15) is 43.0 Å². The molecule has 0 saturated carbocycles. The van der Waals surface area contributed by atoms with E-state index in [-0.39, 0.29) is 24.0 Å². The lowest BCUT2D eigenvalue weighted by molar-refractivity contribution is 0.0557. The number of hydrogen-bond donors (Lipinski definition) is 1. The summed E-state index contributed by atoms with van der Waals surface area (Å²) in [6.45, 7) is 2.32. The van der Waals surface area contributed by atoms with Crippen LogP contribution in [-0.4, -0.2) is 34.6 Å². The average Bonchev–Trinajstić information content (AvgIpc) is 3.36. The number of thiophene rings is 1. The number of carbonyl (C=O) groups is 1. The largest absolute Gasteiger partial charge is 0.396 e. The van der Waals surface area contributed by atoms with E-state index in [0.717, 1.165) is 36.8 Å². The van der Waals surface area contributed by atoms with Crippen molar-refractivity contribution in [2.75, 3.05) is 6.61 Å². The quantitative estimate of drug-likeness (QED) is 0.906. The Morgan fingerprint density at radius 2 is 2.08 bits per heavy atom. The number of carbonyl (C=O) groups excluding carboxylic acids is 1. The van der Waals surface area contributed by atoms with Gasteiger partial charge >= 0.3 is 0 Å². The molecule has 2 bridgehead atoms. The summed E-state index contributed by atoms with van der Waals surface area (Å²) in [5, 5.41) is 12.0. The molecule has 4 heteroatoms. The predicted molar refractivity (Wildman–Crippen MR) is 97.2 cm³/mol. The minimum absolute atomic E-state index is 0.0878. The molecule has 3 nitrogen and oxygen atoms in total. The van der Waals surface area contributed by atoms with E-state index in [9.17, 15) is 9.90 Å². The Kier molecular flexibility index (Phi) is 3.97. The highest BCUT2D eigenvalue weighted by Crippen LogP contribution is 2.51. The Morgan fingerprint density at radius 3 is 2.67 bits per heavy atom. The van der Waals surface area contributed by atoms with Gasteiger partial charge in [-0.25, -0.2) is 0 Å². The Hall–Kier alpha value is -1.65. The second-order valence-corrected chi connectivity index (χ2v) is 8.04. The van der Waals surface area contributed by atoms with Crippen LogP contribution in [0.3, 0.4) is 0 Å². The fourth-order valence-corrected chi connectivity index (χ4v) is 5.36. The van der Waals surface area contributed by atoms with Crippen molar-refractivity contribution in [1.29, 1.82) is 0 Å². The minimum atomic E-state index is -0.0878. The van der Waals surface area contributed by atoms with Crippen molar-refractivity contribution in [3.05, 3.63) is 47.3 Å². The third kappa shape index (κ3) is 2.32. The van der Waals surface area contributed by atoms with Gasteiger partial charge in [-0.15, -0.1) is 11.3 Å². The van der Waals surface area contributed by atoms with E-state index in [0.29, 0.717) is 6.04 Å². The summed E-state index contributed by atoms with van der Waals surface area (Å²) in [6.07, 6.45) is 3.99. The van der Waals surface area contributed by atoms with E-state index >= 15 is 0 Å². The highest BCUT2D eigenvalue weighted by molar-refractivity contribution is 7.13. The molecular formula is C20H23NO2S. The minimum Gasteiger partial charge on any atom is -0.396 e. The van der Waals surface area contributed by atoms with E-state index in [2.05, 4.69) is 23.3 Å². The van der Waals surface area contributed by atoms with Gasteiger partial charge in [-0.2, -0.15) is 0 Å². The molecule has 2 fully saturated rings. The lowest BCUT2D eigenvalue weighted by Crippen LogP contribution is -2.42. The molecule has 0 aliphatic carbocycles. The number of aliphatic hydroxyl groups excluding tert-OH is 1. The third-order valence-electron chi connectivity index (χ3n) is 6.04. The highest BCUT2D eigenvalue weighted by Gasteiger charge is 2.56. The Bertz CT molecular complexity index is 719. The maximum absolute atomic E-state index is 13.1. The van der Waals surface area contributed by atoms with Gasteiger partial charge in [0.15, 0.2) is 0 Å². The van der Waals surface area contributed by atoms with Gasteiger partial charge in [-0.1, -0.05) is 25.1 Å². The Morgan fingerprint density at radius 1 is 1.29 bits per heavy atom. The summed E-state index contributed by atoms with van der Waals surface area (Å²) in [7, 11) is 0. The van der Waals surface area contributed by atoms with Crippen molar-refractivity contribution in [2.45, 2.75) is 44.7 Å². The normalized spacial score (nSPS) is 28.5. The SMILES string of the molecule is CC[C@]1(CO)C[C@H]2CC[C@@H]1N2C(=O)c1ccc(-c2cccs2)cc1. The summed E-state index contributed by atoms with van der Waals surface area (Å²) >= 11 is 1.71. The molecule has 0 spiro atoms. The van der Waals surface area contributed by atoms with E-state index in [1.807, 2.05) is 30.3 Å². The van der Waals surface area contributed by atoms with Crippen molar-refractivity contribution in [1.82, 2.24) is 4.90 Å². The first-order valence-electron chi connectivity index (χ1n) is 8.76.